The normalized spacial score (nSPS) is 27.9. The van der Waals surface area contributed by atoms with Gasteiger partial charge in [-0.3, -0.25) is 14.6 Å². The van der Waals surface area contributed by atoms with E-state index in [-0.39, 0.29) is 5.69 Å². The van der Waals surface area contributed by atoms with Gasteiger partial charge in [-0.1, -0.05) is 0 Å². The van der Waals surface area contributed by atoms with Crippen LogP contribution in [-0.2, 0) is 9.53 Å². The average Bonchev–Trinajstić information content (AvgIpc) is 2.73. The minimum absolute atomic E-state index is 0.249. The van der Waals surface area contributed by atoms with Gasteiger partial charge in [0.2, 0.25) is 0 Å². The SMILES string of the molecule is O=C(NC1[C@@H](O)[C@@H](CO)O[C@H]1c1cc(=O)[nH]c(=O)[nH]1)C(F)(F)F. The van der Waals surface area contributed by atoms with Gasteiger partial charge >= 0.3 is 17.8 Å². The molecule has 1 fully saturated rings. The number of alkyl halides is 3. The number of rotatable bonds is 3. The number of carbonyl (C=O) groups is 1. The van der Waals surface area contributed by atoms with E-state index in [2.05, 4.69) is 4.98 Å². The largest absolute Gasteiger partial charge is 0.471 e. The first-order chi connectivity index (χ1) is 10.6. The molecule has 0 bridgehead atoms. The van der Waals surface area contributed by atoms with Crippen LogP contribution >= 0.6 is 0 Å². The Morgan fingerprint density at radius 3 is 2.52 bits per heavy atom. The molecule has 0 saturated carbocycles. The zero-order valence-electron chi connectivity index (χ0n) is 11.3. The third-order valence-electron chi connectivity index (χ3n) is 3.22. The lowest BCUT2D eigenvalue weighted by atomic mass is 10.0. The molecule has 1 aromatic heterocycles. The number of halogens is 3. The third kappa shape index (κ3) is 3.60. The van der Waals surface area contributed by atoms with Gasteiger partial charge in [0.25, 0.3) is 5.56 Å². The molecule has 0 aliphatic carbocycles. The van der Waals surface area contributed by atoms with Crippen molar-refractivity contribution in [2.24, 2.45) is 0 Å². The van der Waals surface area contributed by atoms with Crippen LogP contribution in [-0.4, -0.2) is 57.1 Å². The highest BCUT2D eigenvalue weighted by Crippen LogP contribution is 2.32. The van der Waals surface area contributed by atoms with Crippen molar-refractivity contribution >= 4 is 5.91 Å². The maximum Gasteiger partial charge on any atom is 0.471 e. The van der Waals surface area contributed by atoms with Crippen molar-refractivity contribution in [3.63, 3.8) is 0 Å². The van der Waals surface area contributed by atoms with Crippen molar-refractivity contribution in [3.05, 3.63) is 32.6 Å². The molecule has 128 valence electrons. The van der Waals surface area contributed by atoms with E-state index >= 15 is 0 Å². The molecule has 5 N–H and O–H groups in total. The molecule has 0 radical (unpaired) electrons. The number of carbonyl (C=O) groups excluding carboxylic acids is 1. The quantitative estimate of drug-likeness (QED) is 0.427. The first-order valence-electron chi connectivity index (χ1n) is 6.29. The standard InChI is InChI=1S/C11H12F3N3O6/c12-11(13,14)9(21)17-6-7(20)4(2-18)23-8(6)3-1-5(19)16-10(22)15-3/h1,4,6-8,18,20H,2H2,(H,17,21)(H2,15,16,19,22)/t4-,6?,7+,8+/m1/s1. The molecule has 12 heteroatoms. The minimum Gasteiger partial charge on any atom is -0.394 e. The highest BCUT2D eigenvalue weighted by Gasteiger charge is 2.49. The topological polar surface area (TPSA) is 145 Å². The van der Waals surface area contributed by atoms with Crippen LogP contribution in [0.25, 0.3) is 0 Å². The van der Waals surface area contributed by atoms with Gasteiger partial charge in [0, 0.05) is 6.07 Å². The maximum atomic E-state index is 12.4. The first-order valence-corrected chi connectivity index (χ1v) is 6.29. The second-order valence-electron chi connectivity index (χ2n) is 4.81. The molecule has 0 spiro atoms. The van der Waals surface area contributed by atoms with Crippen molar-refractivity contribution in [1.82, 2.24) is 15.3 Å². The summed E-state index contributed by atoms with van der Waals surface area (Å²) in [4.78, 5) is 37.6. The van der Waals surface area contributed by atoms with Gasteiger partial charge in [-0.2, -0.15) is 13.2 Å². The Bertz CT molecular complexity index is 671. The number of nitrogens with one attached hydrogen (secondary N) is 3. The number of hydrogen-bond donors (Lipinski definition) is 5. The number of amides is 1. The molecule has 1 unspecified atom stereocenters. The van der Waals surface area contributed by atoms with Crippen molar-refractivity contribution in [2.75, 3.05) is 6.61 Å². The smallest absolute Gasteiger partial charge is 0.394 e. The second-order valence-corrected chi connectivity index (χ2v) is 4.81. The molecule has 1 aliphatic heterocycles. The van der Waals surface area contributed by atoms with Crippen LogP contribution in [0.1, 0.15) is 11.8 Å². The van der Waals surface area contributed by atoms with Gasteiger partial charge < -0.3 is 25.3 Å². The zero-order valence-corrected chi connectivity index (χ0v) is 11.3. The van der Waals surface area contributed by atoms with E-state index < -0.39 is 54.3 Å². The molecule has 23 heavy (non-hydrogen) atoms. The lowest BCUT2D eigenvalue weighted by Gasteiger charge is -2.22. The van der Waals surface area contributed by atoms with Crippen molar-refractivity contribution in [3.8, 4) is 0 Å². The van der Waals surface area contributed by atoms with Gasteiger partial charge in [-0.25, -0.2) is 4.79 Å². The molecular weight excluding hydrogens is 327 g/mol. The van der Waals surface area contributed by atoms with Crippen LogP contribution in [0, 0.1) is 0 Å². The fraction of sp³-hybridized carbons (Fsp3) is 0.545. The van der Waals surface area contributed by atoms with Crippen LogP contribution in [0.4, 0.5) is 13.2 Å². The molecule has 9 nitrogen and oxygen atoms in total. The Morgan fingerprint density at radius 1 is 1.35 bits per heavy atom. The Morgan fingerprint density at radius 2 is 2.00 bits per heavy atom. The van der Waals surface area contributed by atoms with E-state index in [9.17, 15) is 32.7 Å². The van der Waals surface area contributed by atoms with Gasteiger partial charge in [0.1, 0.15) is 18.3 Å². The number of ether oxygens (including phenoxy) is 1. The molecule has 1 aliphatic rings. The van der Waals surface area contributed by atoms with Crippen LogP contribution < -0.4 is 16.6 Å². The predicted molar refractivity (Wildman–Crippen MR) is 66.4 cm³/mol. The van der Waals surface area contributed by atoms with E-state index in [1.807, 2.05) is 4.98 Å². The summed E-state index contributed by atoms with van der Waals surface area (Å²) in [5.41, 5.74) is -2.05. The second kappa shape index (κ2) is 6.14. The van der Waals surface area contributed by atoms with E-state index in [1.54, 1.807) is 0 Å². The van der Waals surface area contributed by atoms with Crippen molar-refractivity contribution < 1.29 is 32.9 Å². The summed E-state index contributed by atoms with van der Waals surface area (Å²) < 4.78 is 42.2. The van der Waals surface area contributed by atoms with Crippen molar-refractivity contribution in [1.29, 1.82) is 0 Å². The lowest BCUT2D eigenvalue weighted by Crippen LogP contribution is -2.50. The molecule has 1 aromatic rings. The number of aromatic amines is 2. The predicted octanol–water partition coefficient (Wildman–Crippen LogP) is -2.10. The average molecular weight is 339 g/mol. The number of H-pyrrole nitrogens is 2. The molecule has 0 aromatic carbocycles. The Balaban J connectivity index is 2.36. The van der Waals surface area contributed by atoms with E-state index in [0.717, 1.165) is 6.07 Å². The van der Waals surface area contributed by atoms with Gasteiger partial charge in [-0.05, 0) is 0 Å². The van der Waals surface area contributed by atoms with Crippen LogP contribution in [0.15, 0.2) is 15.7 Å². The van der Waals surface area contributed by atoms with Gasteiger partial charge in [0.05, 0.1) is 18.3 Å². The number of aliphatic hydroxyl groups excluding tert-OH is 2. The van der Waals surface area contributed by atoms with E-state index in [0.29, 0.717) is 0 Å². The van der Waals surface area contributed by atoms with Crippen LogP contribution in [0.3, 0.4) is 0 Å². The molecular formula is C11H12F3N3O6. The Hall–Kier alpha value is -2.18. The summed E-state index contributed by atoms with van der Waals surface area (Å²) >= 11 is 0. The highest BCUT2D eigenvalue weighted by atomic mass is 19.4. The Labute approximate surface area is 125 Å². The molecule has 2 rings (SSSR count). The van der Waals surface area contributed by atoms with Crippen LogP contribution in [0.2, 0.25) is 0 Å². The number of aromatic nitrogens is 2. The monoisotopic (exact) mass is 339 g/mol. The summed E-state index contributed by atoms with van der Waals surface area (Å²) in [6, 6.07) is -0.788. The number of hydrogen-bond acceptors (Lipinski definition) is 6. The highest BCUT2D eigenvalue weighted by molar-refractivity contribution is 5.82. The van der Waals surface area contributed by atoms with E-state index in [4.69, 9.17) is 9.84 Å². The summed E-state index contributed by atoms with van der Waals surface area (Å²) in [6.45, 7) is -0.747. The fourth-order valence-electron chi connectivity index (χ4n) is 2.22. The maximum absolute atomic E-state index is 12.4. The zero-order chi connectivity index (χ0) is 17.4. The molecule has 4 atom stereocenters. The van der Waals surface area contributed by atoms with E-state index in [1.165, 1.54) is 5.32 Å². The summed E-state index contributed by atoms with van der Waals surface area (Å²) in [5.74, 6) is -2.33. The molecule has 1 amide bonds. The van der Waals surface area contributed by atoms with Gasteiger partial charge in [-0.15, -0.1) is 0 Å². The third-order valence-corrected chi connectivity index (χ3v) is 3.22. The minimum atomic E-state index is -5.21. The van der Waals surface area contributed by atoms with Gasteiger partial charge in [0.15, 0.2) is 0 Å². The van der Waals surface area contributed by atoms with Crippen molar-refractivity contribution in [2.45, 2.75) is 30.5 Å². The first kappa shape index (κ1) is 17.2. The number of aliphatic hydroxyl groups is 2. The molecule has 1 saturated heterocycles. The lowest BCUT2D eigenvalue weighted by molar-refractivity contribution is -0.175. The fourth-order valence-corrected chi connectivity index (χ4v) is 2.22. The Kier molecular flexibility index (Phi) is 4.58. The summed E-state index contributed by atoms with van der Waals surface area (Å²) in [6.07, 6.45) is -9.65. The summed E-state index contributed by atoms with van der Waals surface area (Å²) in [7, 11) is 0. The summed E-state index contributed by atoms with van der Waals surface area (Å²) in [5, 5.41) is 20.5. The molecule has 2 heterocycles. The van der Waals surface area contributed by atoms with Crippen LogP contribution in [0.5, 0.6) is 0 Å².